The zero-order chi connectivity index (χ0) is 32.5. The molecule has 2 rings (SSSR count). The number of methoxy groups -OCH3 is 1. The van der Waals surface area contributed by atoms with Crippen molar-refractivity contribution < 1.29 is 48.3 Å². The van der Waals surface area contributed by atoms with E-state index in [1.807, 2.05) is 52.8 Å². The molecule has 0 aromatic heterocycles. The fourth-order valence-corrected chi connectivity index (χ4v) is 6.26. The van der Waals surface area contributed by atoms with Crippen LogP contribution in [-0.2, 0) is 33.3 Å². The minimum Gasteiger partial charge on any atom is -0.457 e. The average Bonchev–Trinajstić information content (AvgIpc) is 3.33. The van der Waals surface area contributed by atoms with Gasteiger partial charge >= 0.3 is 18.1 Å². The first-order valence-corrected chi connectivity index (χ1v) is 15.9. The van der Waals surface area contributed by atoms with Crippen molar-refractivity contribution in [1.29, 1.82) is 0 Å². The summed E-state index contributed by atoms with van der Waals surface area (Å²) in [7, 11) is 1.67. The van der Waals surface area contributed by atoms with E-state index in [1.165, 1.54) is 13.8 Å². The molecule has 0 radical (unpaired) electrons. The van der Waals surface area contributed by atoms with Crippen LogP contribution in [0.2, 0.25) is 0 Å². The third-order valence-corrected chi connectivity index (χ3v) is 9.61. The number of esters is 2. The van der Waals surface area contributed by atoms with Crippen molar-refractivity contribution in [3.05, 3.63) is 36.0 Å². The molecule has 0 amide bonds. The van der Waals surface area contributed by atoms with Gasteiger partial charge in [0, 0.05) is 25.9 Å². The fourth-order valence-electron chi connectivity index (χ4n) is 5.51. The molecule has 10 nitrogen and oxygen atoms in total. The Bertz CT molecular complexity index is 1030. The molecule has 0 aromatic carbocycles. The zero-order valence-corrected chi connectivity index (χ0v) is 28.1. The van der Waals surface area contributed by atoms with Crippen LogP contribution in [0.5, 0.6) is 0 Å². The molecule has 1 fully saturated rings. The number of hydrogen-bond donors (Lipinski definition) is 2. The number of carbonyl (C=O) groups is 3. The second kappa shape index (κ2) is 16.7. The van der Waals surface area contributed by atoms with E-state index in [4.69, 9.17) is 23.7 Å². The molecule has 11 unspecified atom stereocenters. The molecule has 244 valence electrons. The van der Waals surface area contributed by atoms with E-state index in [9.17, 15) is 24.6 Å². The van der Waals surface area contributed by atoms with E-state index in [0.717, 1.165) is 12.0 Å². The lowest BCUT2D eigenvalue weighted by Crippen LogP contribution is -2.42. The minimum absolute atomic E-state index is 0.0120. The summed E-state index contributed by atoms with van der Waals surface area (Å²) in [6.45, 7) is 12.5. The Morgan fingerprint density at radius 1 is 1.19 bits per heavy atom. The van der Waals surface area contributed by atoms with Crippen molar-refractivity contribution in [2.24, 2.45) is 17.8 Å². The first-order chi connectivity index (χ1) is 20.1. The lowest BCUT2D eigenvalue weighted by Gasteiger charge is -2.32. The van der Waals surface area contributed by atoms with E-state index in [0.29, 0.717) is 0 Å². The molecule has 0 saturated carbocycles. The van der Waals surface area contributed by atoms with E-state index >= 15 is 0 Å². The molecular weight excluding hydrogens is 624 g/mol. The summed E-state index contributed by atoms with van der Waals surface area (Å²) in [6, 6.07) is 0. The van der Waals surface area contributed by atoms with Crippen molar-refractivity contribution in [3.8, 4) is 0 Å². The predicted octanol–water partition coefficient (Wildman–Crippen LogP) is 5.19. The van der Waals surface area contributed by atoms with Crippen LogP contribution < -0.4 is 0 Å². The van der Waals surface area contributed by atoms with Gasteiger partial charge in [0.15, 0.2) is 6.10 Å². The number of aliphatic hydroxyl groups is 2. The Balaban J connectivity index is 2.27. The summed E-state index contributed by atoms with van der Waals surface area (Å²) in [5, 5.41) is 21.4. The van der Waals surface area contributed by atoms with Gasteiger partial charge in [0.1, 0.15) is 23.9 Å². The van der Waals surface area contributed by atoms with E-state index < -0.39 is 54.2 Å². The summed E-state index contributed by atoms with van der Waals surface area (Å²) in [5.41, 5.74) is -0.714. The molecule has 1 saturated heterocycles. The number of ether oxygens (including phenoxy) is 5. The van der Waals surface area contributed by atoms with E-state index in [2.05, 4.69) is 15.9 Å². The molecule has 2 heterocycles. The predicted molar refractivity (Wildman–Crippen MR) is 164 cm³/mol. The molecule has 11 heteroatoms. The summed E-state index contributed by atoms with van der Waals surface area (Å²) in [4.78, 5) is 36.4. The molecule has 11 atom stereocenters. The number of alkyl halides is 1. The molecule has 0 aliphatic carbocycles. The Hall–Kier alpha value is -2.21. The van der Waals surface area contributed by atoms with Crippen LogP contribution in [0.25, 0.3) is 0 Å². The highest BCUT2D eigenvalue weighted by atomic mass is 79.9. The summed E-state index contributed by atoms with van der Waals surface area (Å²) >= 11 is 3.72. The Morgan fingerprint density at radius 3 is 2.44 bits per heavy atom. The Morgan fingerprint density at radius 2 is 1.84 bits per heavy atom. The van der Waals surface area contributed by atoms with Gasteiger partial charge in [-0.1, -0.05) is 67.9 Å². The number of rotatable bonds is 10. The zero-order valence-electron chi connectivity index (χ0n) is 26.5. The molecule has 0 bridgehead atoms. The van der Waals surface area contributed by atoms with E-state index in [1.54, 1.807) is 19.3 Å². The van der Waals surface area contributed by atoms with Crippen LogP contribution in [0.1, 0.15) is 74.1 Å². The number of allylic oxidation sites excluding steroid dienone is 2. The van der Waals surface area contributed by atoms with Gasteiger partial charge in [0.05, 0.1) is 23.5 Å². The largest absolute Gasteiger partial charge is 0.509 e. The van der Waals surface area contributed by atoms with E-state index in [-0.39, 0.29) is 47.9 Å². The summed E-state index contributed by atoms with van der Waals surface area (Å²) in [5.74, 6) is -1.60. The van der Waals surface area contributed by atoms with Crippen molar-refractivity contribution in [2.45, 2.75) is 121 Å². The standard InChI is InChI=1S/C32H49BrO10/c1-9-24(39-8)21(5)27(33)30-29(42-31(37)43-30)19(3)12-10-11-18(2)28-20(4)13-14-25(40-22(6)34)32(7,38)16-15-23(35)17-26(36)41-28/h10-14,19-21,23-25,27-30,35,38H,9,15-17H2,1-8H3/b12-10+,14-13+,18-11+. The van der Waals surface area contributed by atoms with Gasteiger partial charge in [0.2, 0.25) is 0 Å². The number of hydrogen-bond acceptors (Lipinski definition) is 10. The van der Waals surface area contributed by atoms with Crippen LogP contribution in [0.4, 0.5) is 4.79 Å². The van der Waals surface area contributed by atoms with Gasteiger partial charge in [-0.25, -0.2) is 4.79 Å². The number of halogens is 1. The second-order valence-corrected chi connectivity index (χ2v) is 13.1. The normalized spacial score (nSPS) is 34.5. The summed E-state index contributed by atoms with van der Waals surface area (Å²) < 4.78 is 27.8. The van der Waals surface area contributed by atoms with Crippen LogP contribution >= 0.6 is 15.9 Å². The maximum absolute atomic E-state index is 12.7. The lowest BCUT2D eigenvalue weighted by atomic mass is 9.88. The first-order valence-electron chi connectivity index (χ1n) is 15.0. The van der Waals surface area contributed by atoms with Crippen LogP contribution in [0.15, 0.2) is 36.0 Å². The minimum atomic E-state index is -1.44. The molecule has 2 aliphatic rings. The van der Waals surface area contributed by atoms with Gasteiger partial charge in [-0.2, -0.15) is 0 Å². The fraction of sp³-hybridized carbons (Fsp3) is 0.719. The lowest BCUT2D eigenvalue weighted by molar-refractivity contribution is -0.157. The number of aliphatic hydroxyl groups excluding tert-OH is 1. The smallest absolute Gasteiger partial charge is 0.457 e. The van der Waals surface area contributed by atoms with Gasteiger partial charge in [-0.05, 0) is 50.7 Å². The monoisotopic (exact) mass is 672 g/mol. The third kappa shape index (κ3) is 10.7. The molecule has 2 aliphatic heterocycles. The topological polar surface area (TPSA) is 138 Å². The highest BCUT2D eigenvalue weighted by Crippen LogP contribution is 2.34. The SMILES string of the molecule is CCC(OC)C(C)C(Br)C1OC(=O)OC1C(C)/C=C/C=C(\C)C1OC(=O)CC(O)CCC(C)(O)C(OC(C)=O)/C=C/C1C. The second-order valence-electron chi connectivity index (χ2n) is 12.0. The number of carbonyl (C=O) groups excluding carboxylic acids is 3. The van der Waals surface area contributed by atoms with Crippen LogP contribution in [-0.4, -0.2) is 82.5 Å². The quantitative estimate of drug-likeness (QED) is 0.105. The maximum Gasteiger partial charge on any atom is 0.509 e. The summed E-state index contributed by atoms with van der Waals surface area (Å²) in [6.07, 6.45) is 5.30. The Kier molecular flexibility index (Phi) is 14.4. The van der Waals surface area contributed by atoms with Crippen molar-refractivity contribution >= 4 is 34.0 Å². The highest BCUT2D eigenvalue weighted by Gasteiger charge is 2.46. The molecule has 2 N–H and O–H groups in total. The molecular formula is C32H49BrO10. The van der Waals surface area contributed by atoms with Crippen molar-refractivity contribution in [2.75, 3.05) is 7.11 Å². The van der Waals surface area contributed by atoms with Crippen LogP contribution in [0.3, 0.4) is 0 Å². The Labute approximate surface area is 263 Å². The number of cyclic esters (lactones) is 3. The van der Waals surface area contributed by atoms with Gasteiger partial charge in [-0.3, -0.25) is 9.59 Å². The molecule has 0 aromatic rings. The third-order valence-electron chi connectivity index (χ3n) is 8.25. The maximum atomic E-state index is 12.7. The van der Waals surface area contributed by atoms with Crippen LogP contribution in [0, 0.1) is 17.8 Å². The van der Waals surface area contributed by atoms with Gasteiger partial charge < -0.3 is 33.9 Å². The van der Waals surface area contributed by atoms with Gasteiger partial charge in [0.25, 0.3) is 0 Å². The molecule has 0 spiro atoms. The van der Waals surface area contributed by atoms with Gasteiger partial charge in [-0.15, -0.1) is 0 Å². The van der Waals surface area contributed by atoms with Crippen molar-refractivity contribution in [1.82, 2.24) is 0 Å². The first kappa shape index (κ1) is 37.0. The van der Waals surface area contributed by atoms with Crippen molar-refractivity contribution in [3.63, 3.8) is 0 Å². The average molecular weight is 674 g/mol. The molecule has 43 heavy (non-hydrogen) atoms. The highest BCUT2D eigenvalue weighted by molar-refractivity contribution is 9.09.